The lowest BCUT2D eigenvalue weighted by molar-refractivity contribution is -0.400. The van der Waals surface area contributed by atoms with E-state index in [1.165, 1.54) is 0 Å². The summed E-state index contributed by atoms with van der Waals surface area (Å²) < 4.78 is 0. The lowest BCUT2D eigenvalue weighted by atomic mass is 10.1. The maximum Gasteiger partial charge on any atom is 0.280 e. The zero-order chi connectivity index (χ0) is 13.8. The highest BCUT2D eigenvalue weighted by Crippen LogP contribution is 2.29. The first-order valence-corrected chi connectivity index (χ1v) is 7.73. The van der Waals surface area contributed by atoms with Crippen LogP contribution in [0.5, 0.6) is 0 Å². The molecule has 0 aromatic carbocycles. The Morgan fingerprint density at radius 3 is 2.70 bits per heavy atom. The van der Waals surface area contributed by atoms with Crippen molar-refractivity contribution in [2.45, 2.75) is 36.1 Å². The van der Waals surface area contributed by atoms with Gasteiger partial charge in [-0.2, -0.15) is 0 Å². The number of nitrogens with zero attached hydrogens (tertiary/aromatic N) is 2. The monoisotopic (exact) mass is 335 g/mol. The van der Waals surface area contributed by atoms with Crippen LogP contribution >= 0.6 is 23.4 Å². The van der Waals surface area contributed by atoms with E-state index in [1.54, 1.807) is 17.8 Å². The van der Waals surface area contributed by atoms with Crippen molar-refractivity contribution in [1.82, 2.24) is 9.88 Å². The van der Waals surface area contributed by atoms with E-state index in [9.17, 15) is 4.79 Å². The van der Waals surface area contributed by atoms with Crippen LogP contribution in [0, 0.1) is 0 Å². The number of halogens is 2. The van der Waals surface area contributed by atoms with E-state index < -0.39 is 0 Å². The second-order valence-corrected chi connectivity index (χ2v) is 6.55. The third kappa shape index (κ3) is 4.81. The molecule has 7 heteroatoms. The van der Waals surface area contributed by atoms with Crippen LogP contribution in [0.25, 0.3) is 0 Å². The van der Waals surface area contributed by atoms with Gasteiger partial charge in [-0.05, 0) is 31.9 Å². The molecule has 0 bridgehead atoms. The molecule has 3 N–H and O–H groups in total. The van der Waals surface area contributed by atoms with Crippen LogP contribution in [0.2, 0.25) is 5.15 Å². The number of carbonyl (C=O) groups is 1. The fourth-order valence-corrected chi connectivity index (χ4v) is 3.44. The molecule has 1 unspecified atom stereocenters. The number of rotatable bonds is 3. The van der Waals surface area contributed by atoms with E-state index >= 15 is 0 Å². The summed E-state index contributed by atoms with van der Waals surface area (Å²) in [6.07, 6.45) is 1.99. The van der Waals surface area contributed by atoms with Crippen molar-refractivity contribution in [3.8, 4) is 0 Å². The summed E-state index contributed by atoms with van der Waals surface area (Å²) in [6, 6.07) is 5.52. The largest absolute Gasteiger partial charge is 1.00 e. The number of aromatic nitrogens is 1. The van der Waals surface area contributed by atoms with Gasteiger partial charge < -0.3 is 23.0 Å². The minimum atomic E-state index is -0.154. The Labute approximate surface area is 134 Å². The summed E-state index contributed by atoms with van der Waals surface area (Å²) in [5.74, 6) is 0.157. The highest BCUT2D eigenvalue weighted by atomic mass is 35.5. The predicted octanol–water partition coefficient (Wildman–Crippen LogP) is -1.55. The van der Waals surface area contributed by atoms with Crippen molar-refractivity contribution >= 4 is 29.3 Å². The Kier molecular flexibility index (Phi) is 7.09. The first-order valence-electron chi connectivity index (χ1n) is 6.47. The van der Waals surface area contributed by atoms with Gasteiger partial charge in [0.1, 0.15) is 5.15 Å². The van der Waals surface area contributed by atoms with Crippen LogP contribution in [-0.4, -0.2) is 40.2 Å². The number of amides is 1. The number of hydrogen-bond donors (Lipinski definition) is 1. The van der Waals surface area contributed by atoms with E-state index in [0.717, 1.165) is 31.0 Å². The molecule has 0 saturated carbocycles. The van der Waals surface area contributed by atoms with Crippen molar-refractivity contribution in [2.75, 3.05) is 13.1 Å². The second-order valence-electron chi connectivity index (χ2n) is 4.84. The highest BCUT2D eigenvalue weighted by molar-refractivity contribution is 7.99. The van der Waals surface area contributed by atoms with E-state index in [1.807, 2.05) is 24.0 Å². The number of pyridine rings is 1. The van der Waals surface area contributed by atoms with Gasteiger partial charge in [-0.15, -0.1) is 11.8 Å². The van der Waals surface area contributed by atoms with Gasteiger partial charge in [-0.1, -0.05) is 17.7 Å². The molecular weight excluding hydrogens is 317 g/mol. The Morgan fingerprint density at radius 1 is 1.50 bits per heavy atom. The number of quaternary nitrogens is 1. The lowest BCUT2D eigenvalue weighted by Crippen LogP contribution is -3.00. The number of likely N-dealkylation sites (tertiary alicyclic amines) is 1. The molecule has 112 valence electrons. The average molecular weight is 336 g/mol. The summed E-state index contributed by atoms with van der Waals surface area (Å²) in [5, 5.41) is 2.00. The van der Waals surface area contributed by atoms with Gasteiger partial charge in [0.15, 0.2) is 6.04 Å². The summed E-state index contributed by atoms with van der Waals surface area (Å²) >= 11 is 7.63. The van der Waals surface area contributed by atoms with Gasteiger partial charge in [0, 0.05) is 18.3 Å². The van der Waals surface area contributed by atoms with Crippen molar-refractivity contribution in [3.05, 3.63) is 23.4 Å². The summed E-state index contributed by atoms with van der Waals surface area (Å²) in [5.41, 5.74) is 3.79. The Morgan fingerprint density at radius 2 is 2.15 bits per heavy atom. The van der Waals surface area contributed by atoms with Crippen LogP contribution < -0.4 is 18.1 Å². The van der Waals surface area contributed by atoms with E-state index in [0.29, 0.717) is 10.4 Å². The first kappa shape index (κ1) is 17.6. The van der Waals surface area contributed by atoms with Crippen LogP contribution in [0.15, 0.2) is 23.2 Å². The van der Waals surface area contributed by atoms with Gasteiger partial charge >= 0.3 is 0 Å². The fraction of sp³-hybridized carbons (Fsp3) is 0.538. The van der Waals surface area contributed by atoms with Crippen LogP contribution in [0.4, 0.5) is 0 Å². The molecule has 1 fully saturated rings. The Bertz CT molecular complexity index is 451. The highest BCUT2D eigenvalue weighted by Gasteiger charge is 2.26. The molecule has 1 aromatic heterocycles. The topological polar surface area (TPSA) is 60.8 Å². The standard InChI is InChI=1S/C13H18ClN3OS.ClH/c1-9(15)13(18)17-7-5-10(6-8-17)19-12-4-2-3-11(14)16-12;/h2-4,9-10H,5-8,15H2,1H3;1H. The lowest BCUT2D eigenvalue weighted by Gasteiger charge is -2.31. The van der Waals surface area contributed by atoms with Crippen LogP contribution in [0.1, 0.15) is 19.8 Å². The van der Waals surface area contributed by atoms with Crippen LogP contribution in [-0.2, 0) is 4.79 Å². The van der Waals surface area contributed by atoms with Crippen molar-refractivity contribution in [3.63, 3.8) is 0 Å². The first-order chi connectivity index (χ1) is 9.06. The van der Waals surface area contributed by atoms with Gasteiger partial charge in [-0.3, -0.25) is 4.79 Å². The molecule has 20 heavy (non-hydrogen) atoms. The third-order valence-corrected chi connectivity index (χ3v) is 4.64. The van der Waals surface area contributed by atoms with E-state index in [-0.39, 0.29) is 24.4 Å². The summed E-state index contributed by atoms with van der Waals surface area (Å²) in [7, 11) is 0. The van der Waals surface area contributed by atoms with Crippen molar-refractivity contribution < 1.29 is 22.9 Å². The summed E-state index contributed by atoms with van der Waals surface area (Å²) in [4.78, 5) is 18.0. The second kappa shape index (κ2) is 8.08. The third-order valence-electron chi connectivity index (χ3n) is 3.15. The maximum absolute atomic E-state index is 11.8. The average Bonchev–Trinajstić information content (AvgIpc) is 2.39. The van der Waals surface area contributed by atoms with E-state index in [2.05, 4.69) is 10.7 Å². The molecule has 1 saturated heterocycles. The molecule has 1 atom stereocenters. The van der Waals surface area contributed by atoms with Crippen molar-refractivity contribution in [1.29, 1.82) is 0 Å². The molecular formula is C13H19Cl2N3OS. The minimum Gasteiger partial charge on any atom is -1.00 e. The van der Waals surface area contributed by atoms with Crippen LogP contribution in [0.3, 0.4) is 0 Å². The molecule has 1 aliphatic rings. The number of piperidine rings is 1. The SMILES string of the molecule is CC([NH3+])C(=O)N1CCC(Sc2cccc(Cl)n2)CC1.[Cl-]. The van der Waals surface area contributed by atoms with Gasteiger partial charge in [0.2, 0.25) is 0 Å². The quantitative estimate of drug-likeness (QED) is 0.680. The Hall–Kier alpha value is -0.490. The maximum atomic E-state index is 11.8. The molecule has 4 nitrogen and oxygen atoms in total. The summed E-state index contributed by atoms with van der Waals surface area (Å²) in [6.45, 7) is 3.48. The van der Waals surface area contributed by atoms with E-state index in [4.69, 9.17) is 11.6 Å². The zero-order valence-electron chi connectivity index (χ0n) is 11.4. The molecule has 2 rings (SSSR count). The Balaban J connectivity index is 0.00000200. The van der Waals surface area contributed by atoms with Gasteiger partial charge in [-0.25, -0.2) is 4.98 Å². The van der Waals surface area contributed by atoms with Gasteiger partial charge in [0.05, 0.1) is 5.03 Å². The predicted molar refractivity (Wildman–Crippen MR) is 77.1 cm³/mol. The molecule has 1 amide bonds. The fourth-order valence-electron chi connectivity index (χ4n) is 2.13. The molecule has 0 spiro atoms. The smallest absolute Gasteiger partial charge is 0.280 e. The number of thioether (sulfide) groups is 1. The molecule has 0 aliphatic carbocycles. The molecule has 1 aliphatic heterocycles. The molecule has 0 radical (unpaired) electrons. The van der Waals surface area contributed by atoms with Gasteiger partial charge in [0.25, 0.3) is 5.91 Å². The number of hydrogen-bond acceptors (Lipinski definition) is 3. The van der Waals surface area contributed by atoms with Crippen molar-refractivity contribution in [2.24, 2.45) is 0 Å². The molecule has 1 aromatic rings. The minimum absolute atomic E-state index is 0. The molecule has 2 heterocycles. The number of carbonyl (C=O) groups excluding carboxylic acids is 1. The zero-order valence-corrected chi connectivity index (χ0v) is 13.7. The normalized spacial score (nSPS) is 17.4.